The third kappa shape index (κ3) is 2.59. The zero-order valence-corrected chi connectivity index (χ0v) is 10.3. The highest BCUT2D eigenvalue weighted by Gasteiger charge is 2.37. The molecule has 98 valence electrons. The fourth-order valence-corrected chi connectivity index (χ4v) is 2.49. The fourth-order valence-electron chi connectivity index (χ4n) is 2.49. The molecular formula is C11H20FN3O2. The van der Waals surface area contributed by atoms with Crippen molar-refractivity contribution < 1.29 is 13.9 Å². The summed E-state index contributed by atoms with van der Waals surface area (Å²) in [5, 5.41) is 0. The van der Waals surface area contributed by atoms with Crippen molar-refractivity contribution in [2.75, 3.05) is 26.7 Å². The summed E-state index contributed by atoms with van der Waals surface area (Å²) < 4.78 is 18.7. The molecule has 1 amide bonds. The van der Waals surface area contributed by atoms with E-state index in [0.717, 1.165) is 0 Å². The SMILES string of the molecule is CO[C@H]1CCN(C(=O)C2CNNC2C)C[C@H]1F. The van der Waals surface area contributed by atoms with Gasteiger partial charge in [-0.15, -0.1) is 0 Å². The van der Waals surface area contributed by atoms with Crippen molar-refractivity contribution in [2.24, 2.45) is 5.92 Å². The van der Waals surface area contributed by atoms with E-state index in [0.29, 0.717) is 19.5 Å². The van der Waals surface area contributed by atoms with Crippen LogP contribution < -0.4 is 10.9 Å². The van der Waals surface area contributed by atoms with Gasteiger partial charge in [-0.3, -0.25) is 15.6 Å². The van der Waals surface area contributed by atoms with Gasteiger partial charge in [0, 0.05) is 26.2 Å². The first-order chi connectivity index (χ1) is 8.13. The Bertz CT molecular complexity index is 290. The third-order valence-corrected chi connectivity index (χ3v) is 3.67. The normalized spacial score (nSPS) is 38.4. The Hall–Kier alpha value is -0.720. The number of halogens is 1. The van der Waals surface area contributed by atoms with Crippen LogP contribution >= 0.6 is 0 Å². The van der Waals surface area contributed by atoms with Crippen molar-refractivity contribution in [2.45, 2.75) is 31.7 Å². The summed E-state index contributed by atoms with van der Waals surface area (Å²) in [7, 11) is 1.52. The van der Waals surface area contributed by atoms with Crippen molar-refractivity contribution in [3.63, 3.8) is 0 Å². The summed E-state index contributed by atoms with van der Waals surface area (Å²) in [6.07, 6.45) is -0.864. The smallest absolute Gasteiger partial charge is 0.228 e. The van der Waals surface area contributed by atoms with E-state index in [4.69, 9.17) is 4.74 Å². The molecule has 0 aromatic carbocycles. The van der Waals surface area contributed by atoms with E-state index in [1.54, 1.807) is 4.90 Å². The number of carbonyl (C=O) groups excluding carboxylic acids is 1. The molecule has 2 saturated heterocycles. The Kier molecular flexibility index (Phi) is 3.96. The minimum Gasteiger partial charge on any atom is -0.378 e. The lowest BCUT2D eigenvalue weighted by Gasteiger charge is -2.35. The lowest BCUT2D eigenvalue weighted by molar-refractivity contribution is -0.140. The van der Waals surface area contributed by atoms with Crippen LogP contribution in [-0.4, -0.2) is 55.9 Å². The van der Waals surface area contributed by atoms with Gasteiger partial charge in [0.1, 0.15) is 6.17 Å². The molecule has 0 saturated carbocycles. The van der Waals surface area contributed by atoms with Crippen LogP contribution in [0, 0.1) is 5.92 Å². The quantitative estimate of drug-likeness (QED) is 0.700. The van der Waals surface area contributed by atoms with E-state index in [-0.39, 0.29) is 30.5 Å². The molecule has 0 bridgehead atoms. The topological polar surface area (TPSA) is 53.6 Å². The van der Waals surface area contributed by atoms with Crippen molar-refractivity contribution >= 4 is 5.91 Å². The van der Waals surface area contributed by atoms with E-state index in [2.05, 4.69) is 10.9 Å². The van der Waals surface area contributed by atoms with Crippen LogP contribution in [0.15, 0.2) is 0 Å². The van der Waals surface area contributed by atoms with Crippen LogP contribution in [0.4, 0.5) is 4.39 Å². The maximum absolute atomic E-state index is 13.7. The zero-order chi connectivity index (χ0) is 12.4. The van der Waals surface area contributed by atoms with Gasteiger partial charge < -0.3 is 9.64 Å². The predicted octanol–water partition coefficient (Wildman–Crippen LogP) is -0.316. The van der Waals surface area contributed by atoms with E-state index in [1.807, 2.05) is 6.92 Å². The Labute approximate surface area is 101 Å². The molecule has 4 atom stereocenters. The number of nitrogens with zero attached hydrogens (tertiary/aromatic N) is 1. The monoisotopic (exact) mass is 245 g/mol. The number of methoxy groups -OCH3 is 1. The third-order valence-electron chi connectivity index (χ3n) is 3.67. The van der Waals surface area contributed by atoms with Gasteiger partial charge in [0.15, 0.2) is 0 Å². The number of hydrogen-bond donors (Lipinski definition) is 2. The molecule has 2 heterocycles. The minimum atomic E-state index is -1.07. The Morgan fingerprint density at radius 2 is 2.29 bits per heavy atom. The zero-order valence-electron chi connectivity index (χ0n) is 10.3. The van der Waals surface area contributed by atoms with Crippen molar-refractivity contribution in [3.05, 3.63) is 0 Å². The lowest BCUT2D eigenvalue weighted by atomic mass is 9.99. The van der Waals surface area contributed by atoms with Gasteiger partial charge in [-0.1, -0.05) is 0 Å². The number of carbonyl (C=O) groups is 1. The number of alkyl halides is 1. The van der Waals surface area contributed by atoms with Crippen molar-refractivity contribution in [1.29, 1.82) is 0 Å². The highest BCUT2D eigenvalue weighted by atomic mass is 19.1. The molecule has 2 aliphatic heterocycles. The van der Waals surface area contributed by atoms with Gasteiger partial charge in [0.25, 0.3) is 0 Å². The molecule has 2 fully saturated rings. The molecule has 2 N–H and O–H groups in total. The molecule has 0 aromatic rings. The summed E-state index contributed by atoms with van der Waals surface area (Å²) in [5.74, 6) is -0.0616. The Morgan fingerprint density at radius 1 is 1.53 bits per heavy atom. The molecule has 0 spiro atoms. The number of piperidine rings is 1. The molecule has 0 radical (unpaired) electrons. The lowest BCUT2D eigenvalue weighted by Crippen LogP contribution is -2.51. The van der Waals surface area contributed by atoms with E-state index < -0.39 is 6.17 Å². The Morgan fingerprint density at radius 3 is 2.82 bits per heavy atom. The van der Waals surface area contributed by atoms with Crippen LogP contribution in [-0.2, 0) is 9.53 Å². The van der Waals surface area contributed by atoms with Crippen molar-refractivity contribution in [3.8, 4) is 0 Å². The van der Waals surface area contributed by atoms with Gasteiger partial charge in [0.05, 0.1) is 18.6 Å². The van der Waals surface area contributed by atoms with Gasteiger partial charge in [-0.05, 0) is 13.3 Å². The second-order valence-corrected chi connectivity index (χ2v) is 4.78. The maximum Gasteiger partial charge on any atom is 0.228 e. The summed E-state index contributed by atoms with van der Waals surface area (Å²) in [5.41, 5.74) is 5.96. The first-order valence-corrected chi connectivity index (χ1v) is 6.07. The Balaban J connectivity index is 1.93. The molecule has 0 aliphatic carbocycles. The molecule has 2 aliphatic rings. The standard InChI is InChI=1S/C11H20FN3O2/c1-7-8(5-13-14-7)11(16)15-4-3-10(17-2)9(12)6-15/h7-10,13-14H,3-6H2,1-2H3/t7?,8?,9-,10+/m1/s1. The summed E-state index contributed by atoms with van der Waals surface area (Å²) in [6, 6.07) is 0.0979. The van der Waals surface area contributed by atoms with Gasteiger partial charge in [0.2, 0.25) is 5.91 Å². The molecule has 2 rings (SSSR count). The molecular weight excluding hydrogens is 225 g/mol. The van der Waals surface area contributed by atoms with Crippen LogP contribution in [0.25, 0.3) is 0 Å². The van der Waals surface area contributed by atoms with Gasteiger partial charge in [-0.2, -0.15) is 0 Å². The van der Waals surface area contributed by atoms with Gasteiger partial charge in [-0.25, -0.2) is 4.39 Å². The van der Waals surface area contributed by atoms with E-state index in [1.165, 1.54) is 7.11 Å². The number of amides is 1. The highest BCUT2D eigenvalue weighted by molar-refractivity contribution is 5.80. The second-order valence-electron chi connectivity index (χ2n) is 4.78. The van der Waals surface area contributed by atoms with Crippen LogP contribution in [0.3, 0.4) is 0 Å². The molecule has 0 aromatic heterocycles. The first-order valence-electron chi connectivity index (χ1n) is 6.07. The first kappa shape index (κ1) is 12.7. The van der Waals surface area contributed by atoms with Crippen LogP contribution in [0.5, 0.6) is 0 Å². The highest BCUT2D eigenvalue weighted by Crippen LogP contribution is 2.20. The summed E-state index contributed by atoms with van der Waals surface area (Å²) in [4.78, 5) is 13.8. The average Bonchev–Trinajstić information content (AvgIpc) is 2.74. The number of hydrazine groups is 1. The van der Waals surface area contributed by atoms with Crippen LogP contribution in [0.1, 0.15) is 13.3 Å². The number of likely N-dealkylation sites (tertiary alicyclic amines) is 1. The van der Waals surface area contributed by atoms with Crippen LogP contribution in [0.2, 0.25) is 0 Å². The number of rotatable bonds is 2. The predicted molar refractivity (Wildman–Crippen MR) is 61.0 cm³/mol. The summed E-state index contributed by atoms with van der Waals surface area (Å²) >= 11 is 0. The second kappa shape index (κ2) is 5.29. The van der Waals surface area contributed by atoms with E-state index in [9.17, 15) is 9.18 Å². The largest absolute Gasteiger partial charge is 0.378 e. The summed E-state index contributed by atoms with van der Waals surface area (Å²) in [6.45, 7) is 3.31. The number of hydrogen-bond acceptors (Lipinski definition) is 4. The molecule has 6 heteroatoms. The van der Waals surface area contributed by atoms with Crippen molar-refractivity contribution in [1.82, 2.24) is 15.8 Å². The number of nitrogens with one attached hydrogen (secondary N) is 2. The average molecular weight is 245 g/mol. The van der Waals surface area contributed by atoms with Gasteiger partial charge >= 0.3 is 0 Å². The molecule has 2 unspecified atom stereocenters. The molecule has 17 heavy (non-hydrogen) atoms. The number of ether oxygens (including phenoxy) is 1. The van der Waals surface area contributed by atoms with E-state index >= 15 is 0 Å². The maximum atomic E-state index is 13.7. The molecule has 5 nitrogen and oxygen atoms in total. The fraction of sp³-hybridized carbons (Fsp3) is 0.909. The minimum absolute atomic E-state index is 0.0344.